The van der Waals surface area contributed by atoms with E-state index in [0.717, 1.165) is 18.9 Å². The molecule has 0 heterocycles. The summed E-state index contributed by atoms with van der Waals surface area (Å²) in [6.45, 7) is 1.12. The van der Waals surface area contributed by atoms with Crippen LogP contribution in [0.1, 0.15) is 38.5 Å². The molecule has 0 radical (unpaired) electrons. The Balaban J connectivity index is 1.77. The van der Waals surface area contributed by atoms with Crippen LogP contribution in [0.15, 0.2) is 0 Å². The summed E-state index contributed by atoms with van der Waals surface area (Å²) in [6, 6.07) is 0.750. The molecular weight excluding hydrogens is 224 g/mol. The summed E-state index contributed by atoms with van der Waals surface area (Å²) in [5.41, 5.74) is 0. The van der Waals surface area contributed by atoms with E-state index in [0.29, 0.717) is 12.1 Å². The van der Waals surface area contributed by atoms with Crippen LogP contribution in [0.5, 0.6) is 0 Å². The molecule has 2 saturated carbocycles. The van der Waals surface area contributed by atoms with Gasteiger partial charge in [0.25, 0.3) is 0 Å². The van der Waals surface area contributed by atoms with Crippen LogP contribution in [-0.4, -0.2) is 30.4 Å². The molecule has 2 atom stereocenters. The molecule has 2 N–H and O–H groups in total. The summed E-state index contributed by atoms with van der Waals surface area (Å²) < 4.78 is 0. The van der Waals surface area contributed by atoms with Gasteiger partial charge < -0.3 is 10.6 Å². The number of halogens is 1. The number of rotatable bonds is 5. The molecule has 2 aliphatic carbocycles. The molecule has 0 aromatic carbocycles. The molecule has 0 aromatic heterocycles. The SMILES string of the molecule is O=C(CCl)NC1CCCCC1NCC1CC1. The molecule has 0 aliphatic heterocycles. The van der Waals surface area contributed by atoms with Crippen LogP contribution in [0.2, 0.25) is 0 Å². The van der Waals surface area contributed by atoms with Crippen molar-refractivity contribution < 1.29 is 4.79 Å². The van der Waals surface area contributed by atoms with Gasteiger partial charge in [0.15, 0.2) is 0 Å². The molecule has 3 nitrogen and oxygen atoms in total. The third-order valence-corrected chi connectivity index (χ3v) is 3.84. The molecule has 4 heteroatoms. The van der Waals surface area contributed by atoms with Crippen LogP contribution >= 0.6 is 11.6 Å². The highest BCUT2D eigenvalue weighted by Crippen LogP contribution is 2.28. The number of amides is 1. The third kappa shape index (κ3) is 3.63. The summed E-state index contributed by atoms with van der Waals surface area (Å²) in [5, 5.41) is 6.63. The highest BCUT2D eigenvalue weighted by molar-refractivity contribution is 6.27. The average molecular weight is 245 g/mol. The molecule has 1 amide bonds. The van der Waals surface area contributed by atoms with Crippen LogP contribution in [0.25, 0.3) is 0 Å². The van der Waals surface area contributed by atoms with Gasteiger partial charge in [0.05, 0.1) is 0 Å². The fourth-order valence-corrected chi connectivity index (χ4v) is 2.51. The lowest BCUT2D eigenvalue weighted by atomic mass is 9.90. The van der Waals surface area contributed by atoms with E-state index in [1.807, 2.05) is 0 Å². The van der Waals surface area contributed by atoms with Gasteiger partial charge in [-0.3, -0.25) is 4.79 Å². The Labute approximate surface area is 102 Å². The number of hydrogen-bond donors (Lipinski definition) is 2. The summed E-state index contributed by atoms with van der Waals surface area (Å²) in [5.74, 6) is 0.935. The zero-order valence-corrected chi connectivity index (χ0v) is 10.4. The van der Waals surface area contributed by atoms with Gasteiger partial charge >= 0.3 is 0 Å². The monoisotopic (exact) mass is 244 g/mol. The van der Waals surface area contributed by atoms with E-state index in [-0.39, 0.29) is 11.8 Å². The van der Waals surface area contributed by atoms with Crippen LogP contribution in [-0.2, 0) is 4.79 Å². The van der Waals surface area contributed by atoms with E-state index in [9.17, 15) is 4.79 Å². The second kappa shape index (κ2) is 5.87. The molecule has 2 unspecified atom stereocenters. The Morgan fingerprint density at radius 3 is 2.44 bits per heavy atom. The molecule has 0 saturated heterocycles. The van der Waals surface area contributed by atoms with E-state index < -0.39 is 0 Å². The van der Waals surface area contributed by atoms with Crippen molar-refractivity contribution in [2.75, 3.05) is 12.4 Å². The van der Waals surface area contributed by atoms with Crippen molar-refractivity contribution in [3.63, 3.8) is 0 Å². The second-order valence-corrected chi connectivity index (χ2v) is 5.32. The van der Waals surface area contributed by atoms with E-state index >= 15 is 0 Å². The average Bonchev–Trinajstić information content (AvgIpc) is 3.11. The van der Waals surface area contributed by atoms with Gasteiger partial charge in [-0.1, -0.05) is 12.8 Å². The van der Waals surface area contributed by atoms with Crippen LogP contribution in [0, 0.1) is 5.92 Å². The van der Waals surface area contributed by atoms with Gasteiger partial charge in [0.2, 0.25) is 5.91 Å². The van der Waals surface area contributed by atoms with Gasteiger partial charge in [0, 0.05) is 12.1 Å². The summed E-state index contributed by atoms with van der Waals surface area (Å²) in [7, 11) is 0. The first-order valence-corrected chi connectivity index (χ1v) is 6.91. The van der Waals surface area contributed by atoms with Crippen molar-refractivity contribution in [3.05, 3.63) is 0 Å². The Kier molecular flexibility index (Phi) is 4.47. The highest BCUT2D eigenvalue weighted by atomic mass is 35.5. The fourth-order valence-electron chi connectivity index (χ4n) is 2.43. The molecule has 0 bridgehead atoms. The van der Waals surface area contributed by atoms with Gasteiger partial charge in [-0.15, -0.1) is 11.6 Å². The lowest BCUT2D eigenvalue weighted by Crippen LogP contribution is -2.52. The summed E-state index contributed by atoms with van der Waals surface area (Å²) >= 11 is 5.52. The standard InChI is InChI=1S/C12H21ClN2O/c13-7-12(16)15-11-4-2-1-3-10(11)14-8-9-5-6-9/h9-11,14H,1-8H2,(H,15,16). The van der Waals surface area contributed by atoms with E-state index in [1.54, 1.807) is 0 Å². The number of carbonyl (C=O) groups excluding carboxylic acids is 1. The first kappa shape index (κ1) is 12.2. The number of carbonyl (C=O) groups is 1. The molecule has 0 spiro atoms. The summed E-state index contributed by atoms with van der Waals surface area (Å²) in [4.78, 5) is 11.3. The maximum atomic E-state index is 11.3. The van der Waals surface area contributed by atoms with Crippen molar-refractivity contribution in [1.29, 1.82) is 0 Å². The Morgan fingerprint density at radius 2 is 1.81 bits per heavy atom. The van der Waals surface area contributed by atoms with Crippen molar-refractivity contribution >= 4 is 17.5 Å². The lowest BCUT2D eigenvalue weighted by Gasteiger charge is -2.33. The van der Waals surface area contributed by atoms with Gasteiger partial charge in [-0.2, -0.15) is 0 Å². The van der Waals surface area contributed by atoms with Gasteiger partial charge in [-0.25, -0.2) is 0 Å². The van der Waals surface area contributed by atoms with Crippen LogP contribution < -0.4 is 10.6 Å². The fraction of sp³-hybridized carbons (Fsp3) is 0.917. The maximum Gasteiger partial charge on any atom is 0.235 e. The number of hydrogen-bond acceptors (Lipinski definition) is 2. The molecular formula is C12H21ClN2O. The largest absolute Gasteiger partial charge is 0.351 e. The zero-order chi connectivity index (χ0) is 11.4. The highest BCUT2D eigenvalue weighted by Gasteiger charge is 2.28. The van der Waals surface area contributed by atoms with Crippen molar-refractivity contribution in [2.24, 2.45) is 5.92 Å². The molecule has 92 valence electrons. The zero-order valence-electron chi connectivity index (χ0n) is 9.68. The topological polar surface area (TPSA) is 41.1 Å². The normalized spacial score (nSPS) is 30.1. The summed E-state index contributed by atoms with van der Waals surface area (Å²) in [6.07, 6.45) is 7.51. The molecule has 2 rings (SSSR count). The first-order valence-electron chi connectivity index (χ1n) is 6.38. The molecule has 0 aromatic rings. The lowest BCUT2D eigenvalue weighted by molar-refractivity contribution is -0.119. The van der Waals surface area contributed by atoms with Crippen molar-refractivity contribution in [1.82, 2.24) is 10.6 Å². The van der Waals surface area contributed by atoms with E-state index in [1.165, 1.54) is 32.1 Å². The Morgan fingerprint density at radius 1 is 1.12 bits per heavy atom. The molecule has 16 heavy (non-hydrogen) atoms. The molecule has 2 fully saturated rings. The third-order valence-electron chi connectivity index (χ3n) is 3.60. The molecule has 2 aliphatic rings. The van der Waals surface area contributed by atoms with Crippen LogP contribution in [0.3, 0.4) is 0 Å². The van der Waals surface area contributed by atoms with E-state index in [4.69, 9.17) is 11.6 Å². The second-order valence-electron chi connectivity index (χ2n) is 5.05. The minimum absolute atomic E-state index is 0.0354. The van der Waals surface area contributed by atoms with Gasteiger partial charge in [-0.05, 0) is 38.1 Å². The van der Waals surface area contributed by atoms with Crippen LogP contribution in [0.4, 0.5) is 0 Å². The predicted molar refractivity (Wildman–Crippen MR) is 65.6 cm³/mol. The number of nitrogens with one attached hydrogen (secondary N) is 2. The Bertz CT molecular complexity index is 243. The Hall–Kier alpha value is -0.280. The van der Waals surface area contributed by atoms with Crippen molar-refractivity contribution in [3.8, 4) is 0 Å². The predicted octanol–water partition coefficient (Wildman–Crippen LogP) is 1.65. The van der Waals surface area contributed by atoms with E-state index in [2.05, 4.69) is 10.6 Å². The smallest absolute Gasteiger partial charge is 0.235 e. The minimum Gasteiger partial charge on any atom is -0.351 e. The quantitative estimate of drug-likeness (QED) is 0.723. The van der Waals surface area contributed by atoms with Gasteiger partial charge in [0.1, 0.15) is 5.88 Å². The minimum atomic E-state index is -0.0354. The maximum absolute atomic E-state index is 11.3. The number of alkyl halides is 1. The van der Waals surface area contributed by atoms with Crippen molar-refractivity contribution in [2.45, 2.75) is 50.6 Å². The first-order chi connectivity index (χ1) is 7.79.